The maximum atomic E-state index is 12.8. The van der Waals surface area contributed by atoms with Gasteiger partial charge in [-0.25, -0.2) is 4.79 Å². The fraction of sp³-hybridized carbons (Fsp3) is 0.250. The van der Waals surface area contributed by atoms with Crippen molar-refractivity contribution in [2.24, 2.45) is 0 Å². The number of rotatable bonds is 4. The van der Waals surface area contributed by atoms with Gasteiger partial charge in [0, 0.05) is 33.9 Å². The van der Waals surface area contributed by atoms with Gasteiger partial charge in [0.25, 0.3) is 11.8 Å². The van der Waals surface area contributed by atoms with Gasteiger partial charge in [0.1, 0.15) is 0 Å². The lowest BCUT2D eigenvalue weighted by molar-refractivity contribution is -0.110. The van der Waals surface area contributed by atoms with Crippen LogP contribution in [0, 0.1) is 0 Å². The first kappa shape index (κ1) is 22.7. The molecule has 7 nitrogen and oxygen atoms in total. The van der Waals surface area contributed by atoms with Crippen molar-refractivity contribution in [2.75, 3.05) is 17.7 Å². The zero-order valence-electron chi connectivity index (χ0n) is 20.0. The summed E-state index contributed by atoms with van der Waals surface area (Å²) in [6.07, 6.45) is 5.19. The number of aromatic amines is 1. The van der Waals surface area contributed by atoms with E-state index in [1.54, 1.807) is 42.5 Å². The molecular formula is C28H27N3O4. The maximum absolute atomic E-state index is 12.8. The lowest BCUT2D eigenvalue weighted by Crippen LogP contribution is -2.22. The standard InChI is InChI=1S/C28H27N3O4/c1-28(2)12-4-5-24-22(28)15-19(29-24)14-21-20-13-18(10-11-23(20)31-26(21)33)30-25(32)16-6-8-17(9-7-16)27(34)35-3/h6-11,13-15,29H,4-5,12H2,1-3H3,(H,30,32)(H,31,33). The Morgan fingerprint density at radius 1 is 1.06 bits per heavy atom. The first-order valence-corrected chi connectivity index (χ1v) is 11.6. The van der Waals surface area contributed by atoms with Crippen molar-refractivity contribution in [1.82, 2.24) is 4.98 Å². The molecule has 2 aliphatic rings. The Hall–Kier alpha value is -4.13. The average Bonchev–Trinajstić information content (AvgIpc) is 3.40. The molecule has 1 aromatic heterocycles. The van der Waals surface area contributed by atoms with Gasteiger partial charge in [0.05, 0.1) is 18.2 Å². The van der Waals surface area contributed by atoms with E-state index in [9.17, 15) is 14.4 Å². The van der Waals surface area contributed by atoms with E-state index >= 15 is 0 Å². The number of anilines is 2. The fourth-order valence-electron chi connectivity index (χ4n) is 4.88. The molecule has 2 heterocycles. The van der Waals surface area contributed by atoms with Gasteiger partial charge in [-0.3, -0.25) is 9.59 Å². The third-order valence-electron chi connectivity index (χ3n) is 6.81. The zero-order valence-corrected chi connectivity index (χ0v) is 20.0. The van der Waals surface area contributed by atoms with Gasteiger partial charge in [-0.1, -0.05) is 13.8 Å². The highest BCUT2D eigenvalue weighted by molar-refractivity contribution is 6.35. The summed E-state index contributed by atoms with van der Waals surface area (Å²) in [6, 6.07) is 13.7. The van der Waals surface area contributed by atoms with Crippen LogP contribution in [-0.2, 0) is 21.4 Å². The second-order valence-corrected chi connectivity index (χ2v) is 9.65. The van der Waals surface area contributed by atoms with E-state index in [2.05, 4.69) is 40.3 Å². The number of aromatic nitrogens is 1. The Kier molecular flexibility index (Phi) is 5.55. The number of amides is 2. The van der Waals surface area contributed by atoms with Crippen molar-refractivity contribution >= 4 is 40.8 Å². The molecule has 0 atom stereocenters. The van der Waals surface area contributed by atoms with Gasteiger partial charge in [0.15, 0.2) is 0 Å². The number of carbonyl (C=O) groups excluding carboxylic acids is 3. The molecule has 0 fully saturated rings. The third kappa shape index (κ3) is 4.25. The number of carbonyl (C=O) groups is 3. The largest absolute Gasteiger partial charge is 0.465 e. The molecule has 7 heteroatoms. The number of hydrogen-bond acceptors (Lipinski definition) is 4. The number of ether oxygens (including phenoxy) is 1. The minimum Gasteiger partial charge on any atom is -0.465 e. The number of benzene rings is 2. The second-order valence-electron chi connectivity index (χ2n) is 9.65. The molecule has 0 saturated heterocycles. The zero-order chi connectivity index (χ0) is 24.7. The third-order valence-corrected chi connectivity index (χ3v) is 6.81. The number of nitrogens with one attached hydrogen (secondary N) is 3. The van der Waals surface area contributed by atoms with Gasteiger partial charge in [-0.05, 0) is 84.8 Å². The lowest BCUT2D eigenvalue weighted by atomic mass is 9.75. The van der Waals surface area contributed by atoms with Crippen LogP contribution in [0.25, 0.3) is 11.6 Å². The van der Waals surface area contributed by atoms with Crippen LogP contribution in [0.1, 0.15) is 69.9 Å². The first-order valence-electron chi connectivity index (χ1n) is 11.6. The van der Waals surface area contributed by atoms with Gasteiger partial charge in [0.2, 0.25) is 0 Å². The minimum atomic E-state index is -0.460. The monoisotopic (exact) mass is 469 g/mol. The van der Waals surface area contributed by atoms with E-state index < -0.39 is 5.97 Å². The number of methoxy groups -OCH3 is 1. The quantitative estimate of drug-likeness (QED) is 0.363. The normalized spacial score (nSPS) is 16.9. The van der Waals surface area contributed by atoms with Crippen LogP contribution in [0.2, 0.25) is 0 Å². The summed E-state index contributed by atoms with van der Waals surface area (Å²) in [6.45, 7) is 4.51. The molecule has 0 unspecified atom stereocenters. The van der Waals surface area contributed by atoms with Crippen LogP contribution in [-0.4, -0.2) is 29.9 Å². The van der Waals surface area contributed by atoms with Crippen LogP contribution in [0.4, 0.5) is 11.4 Å². The highest BCUT2D eigenvalue weighted by Crippen LogP contribution is 2.39. The number of aryl methyl sites for hydroxylation is 1. The summed E-state index contributed by atoms with van der Waals surface area (Å²) in [7, 11) is 1.31. The smallest absolute Gasteiger partial charge is 0.337 e. The molecule has 0 spiro atoms. The summed E-state index contributed by atoms with van der Waals surface area (Å²) >= 11 is 0. The van der Waals surface area contributed by atoms with E-state index in [1.807, 2.05) is 6.08 Å². The Balaban J connectivity index is 1.40. The van der Waals surface area contributed by atoms with E-state index in [0.29, 0.717) is 28.1 Å². The molecule has 2 amide bonds. The Morgan fingerprint density at radius 3 is 2.51 bits per heavy atom. The number of hydrogen-bond donors (Lipinski definition) is 3. The molecular weight excluding hydrogens is 442 g/mol. The van der Waals surface area contributed by atoms with Gasteiger partial charge in [-0.15, -0.1) is 0 Å². The van der Waals surface area contributed by atoms with Gasteiger partial charge < -0.3 is 20.4 Å². The number of fused-ring (bicyclic) bond motifs is 2. The van der Waals surface area contributed by atoms with Crippen molar-refractivity contribution < 1.29 is 19.1 Å². The van der Waals surface area contributed by atoms with Crippen LogP contribution in [0.3, 0.4) is 0 Å². The van der Waals surface area contributed by atoms with E-state index in [1.165, 1.54) is 18.4 Å². The predicted molar refractivity (Wildman–Crippen MR) is 135 cm³/mol. The van der Waals surface area contributed by atoms with Crippen LogP contribution in [0.15, 0.2) is 48.5 Å². The highest BCUT2D eigenvalue weighted by Gasteiger charge is 2.30. The van der Waals surface area contributed by atoms with Gasteiger partial charge in [-0.2, -0.15) is 0 Å². The van der Waals surface area contributed by atoms with Crippen molar-refractivity contribution in [2.45, 2.75) is 38.5 Å². The van der Waals surface area contributed by atoms with Crippen molar-refractivity contribution in [3.63, 3.8) is 0 Å². The fourth-order valence-corrected chi connectivity index (χ4v) is 4.88. The summed E-state index contributed by atoms with van der Waals surface area (Å²) < 4.78 is 4.69. The summed E-state index contributed by atoms with van der Waals surface area (Å²) in [5.41, 5.74) is 6.91. The Morgan fingerprint density at radius 2 is 1.80 bits per heavy atom. The van der Waals surface area contributed by atoms with Crippen molar-refractivity contribution in [1.29, 1.82) is 0 Å². The highest BCUT2D eigenvalue weighted by atomic mass is 16.5. The summed E-state index contributed by atoms with van der Waals surface area (Å²) in [5, 5.41) is 5.77. The first-order chi connectivity index (χ1) is 16.7. The summed E-state index contributed by atoms with van der Waals surface area (Å²) in [5.74, 6) is -0.948. The molecule has 1 aliphatic carbocycles. The van der Waals surface area contributed by atoms with E-state index in [0.717, 1.165) is 30.5 Å². The maximum Gasteiger partial charge on any atom is 0.337 e. The molecule has 0 radical (unpaired) electrons. The minimum absolute atomic E-state index is 0.114. The molecule has 2 aromatic carbocycles. The molecule has 0 bridgehead atoms. The molecule has 3 aromatic rings. The molecule has 0 saturated carbocycles. The molecule has 35 heavy (non-hydrogen) atoms. The number of H-pyrrole nitrogens is 1. The van der Waals surface area contributed by atoms with E-state index in [-0.39, 0.29) is 17.2 Å². The molecule has 3 N–H and O–H groups in total. The molecule has 5 rings (SSSR count). The van der Waals surface area contributed by atoms with Crippen LogP contribution in [0.5, 0.6) is 0 Å². The van der Waals surface area contributed by atoms with Gasteiger partial charge >= 0.3 is 5.97 Å². The lowest BCUT2D eigenvalue weighted by Gasteiger charge is -2.29. The number of esters is 1. The predicted octanol–water partition coefficient (Wildman–Crippen LogP) is 5.16. The topological polar surface area (TPSA) is 100 Å². The molecule has 178 valence electrons. The van der Waals surface area contributed by atoms with Crippen LogP contribution >= 0.6 is 0 Å². The SMILES string of the molecule is COC(=O)c1ccc(C(=O)Nc2ccc3c(c2)C(=Cc2cc4c([nH]2)CCCC4(C)C)C(=O)N3)cc1. The summed E-state index contributed by atoms with van der Waals surface area (Å²) in [4.78, 5) is 40.6. The van der Waals surface area contributed by atoms with Crippen LogP contribution < -0.4 is 10.6 Å². The van der Waals surface area contributed by atoms with E-state index in [4.69, 9.17) is 0 Å². The Bertz CT molecular complexity index is 1380. The van der Waals surface area contributed by atoms with Crippen molar-refractivity contribution in [3.8, 4) is 0 Å². The second kappa shape index (κ2) is 8.58. The molecule has 1 aliphatic heterocycles. The van der Waals surface area contributed by atoms with Crippen molar-refractivity contribution in [3.05, 3.63) is 82.2 Å². The average molecular weight is 470 g/mol. The Labute approximate surface area is 203 Å².